The maximum absolute atomic E-state index is 5.55. The van der Waals surface area contributed by atoms with Crippen molar-refractivity contribution in [2.24, 2.45) is 11.7 Å². The van der Waals surface area contributed by atoms with E-state index in [0.29, 0.717) is 6.54 Å². The molecule has 1 aliphatic rings. The average molecular weight is 175 g/mol. The highest BCUT2D eigenvalue weighted by atomic mass is 14.5. The van der Waals surface area contributed by atoms with E-state index < -0.39 is 0 Å². The van der Waals surface area contributed by atoms with Gasteiger partial charge in [-0.25, -0.2) is 0 Å². The van der Waals surface area contributed by atoms with Crippen LogP contribution in [0.2, 0.25) is 0 Å². The molecule has 0 aromatic heterocycles. The lowest BCUT2D eigenvalue weighted by Crippen LogP contribution is -1.98. The molecule has 0 aliphatic heterocycles. The largest absolute Gasteiger partial charge is 0.326 e. The Kier molecular flexibility index (Phi) is 2.36. The Bertz CT molecular complexity index is 272. The molecule has 1 aromatic carbocycles. The molecule has 0 spiro atoms. The van der Waals surface area contributed by atoms with Gasteiger partial charge in [0.05, 0.1) is 0 Å². The Hall–Kier alpha value is -0.820. The summed E-state index contributed by atoms with van der Waals surface area (Å²) in [5, 5.41) is 0. The summed E-state index contributed by atoms with van der Waals surface area (Å²) >= 11 is 0. The van der Waals surface area contributed by atoms with Crippen LogP contribution in [-0.2, 0) is 6.54 Å². The van der Waals surface area contributed by atoms with Crippen molar-refractivity contribution in [2.75, 3.05) is 0 Å². The minimum atomic E-state index is 0.651. The van der Waals surface area contributed by atoms with Crippen molar-refractivity contribution in [3.63, 3.8) is 0 Å². The number of rotatable bonds is 3. The van der Waals surface area contributed by atoms with Crippen LogP contribution in [-0.4, -0.2) is 0 Å². The molecule has 1 aliphatic carbocycles. The van der Waals surface area contributed by atoms with Gasteiger partial charge in [0.2, 0.25) is 0 Å². The number of nitrogens with two attached hydrogens (primary N) is 1. The second-order valence-electron chi connectivity index (χ2n) is 4.07. The smallest absolute Gasteiger partial charge is 0.0178 e. The molecule has 1 heteroatoms. The van der Waals surface area contributed by atoms with Crippen LogP contribution in [0.25, 0.3) is 0 Å². The van der Waals surface area contributed by atoms with Gasteiger partial charge in [0, 0.05) is 6.54 Å². The van der Waals surface area contributed by atoms with E-state index in [-0.39, 0.29) is 0 Å². The standard InChI is InChI=1S/C12H17N/c1-9(12-6-7-12)11-4-2-10(8-13)3-5-11/h2-5,9,12H,6-8,13H2,1H3. The van der Waals surface area contributed by atoms with E-state index in [0.717, 1.165) is 11.8 Å². The first-order chi connectivity index (χ1) is 6.31. The first-order valence-corrected chi connectivity index (χ1v) is 5.10. The molecule has 1 saturated carbocycles. The summed E-state index contributed by atoms with van der Waals surface area (Å²) in [6.07, 6.45) is 2.83. The summed E-state index contributed by atoms with van der Waals surface area (Å²) in [6, 6.07) is 8.75. The number of benzene rings is 1. The summed E-state index contributed by atoms with van der Waals surface area (Å²) in [4.78, 5) is 0. The lowest BCUT2D eigenvalue weighted by molar-refractivity contribution is 0.663. The molecule has 2 N–H and O–H groups in total. The molecule has 13 heavy (non-hydrogen) atoms. The summed E-state index contributed by atoms with van der Waals surface area (Å²) < 4.78 is 0. The predicted octanol–water partition coefficient (Wildman–Crippen LogP) is 2.66. The molecule has 0 amide bonds. The molecule has 2 rings (SSSR count). The average Bonchev–Trinajstić information content (AvgIpc) is 3.00. The first-order valence-electron chi connectivity index (χ1n) is 5.10. The van der Waals surface area contributed by atoms with E-state index in [1.807, 2.05) is 0 Å². The predicted molar refractivity (Wildman–Crippen MR) is 55.5 cm³/mol. The van der Waals surface area contributed by atoms with Gasteiger partial charge >= 0.3 is 0 Å². The van der Waals surface area contributed by atoms with E-state index in [2.05, 4.69) is 31.2 Å². The highest BCUT2D eigenvalue weighted by Gasteiger charge is 2.28. The normalized spacial score (nSPS) is 18.6. The zero-order valence-electron chi connectivity index (χ0n) is 8.16. The van der Waals surface area contributed by atoms with Gasteiger partial charge in [-0.2, -0.15) is 0 Å². The van der Waals surface area contributed by atoms with Crippen LogP contribution in [0.1, 0.15) is 36.8 Å². The van der Waals surface area contributed by atoms with E-state index in [9.17, 15) is 0 Å². The summed E-state index contributed by atoms with van der Waals surface area (Å²) in [6.45, 7) is 2.98. The highest BCUT2D eigenvalue weighted by Crippen LogP contribution is 2.42. The molecule has 0 heterocycles. The Balaban J connectivity index is 2.11. The molecule has 1 unspecified atom stereocenters. The zero-order chi connectivity index (χ0) is 9.26. The van der Waals surface area contributed by atoms with Crippen LogP contribution in [0, 0.1) is 5.92 Å². The second-order valence-corrected chi connectivity index (χ2v) is 4.07. The fourth-order valence-electron chi connectivity index (χ4n) is 1.83. The van der Waals surface area contributed by atoms with Crippen LogP contribution in [0.4, 0.5) is 0 Å². The zero-order valence-corrected chi connectivity index (χ0v) is 8.16. The van der Waals surface area contributed by atoms with Crippen LogP contribution in [0.5, 0.6) is 0 Å². The molecule has 0 radical (unpaired) electrons. The second kappa shape index (κ2) is 3.51. The Morgan fingerprint density at radius 3 is 2.38 bits per heavy atom. The Morgan fingerprint density at radius 2 is 1.92 bits per heavy atom. The molecule has 0 bridgehead atoms. The van der Waals surface area contributed by atoms with Crippen molar-refractivity contribution in [3.05, 3.63) is 35.4 Å². The van der Waals surface area contributed by atoms with Gasteiger partial charge in [0.1, 0.15) is 0 Å². The quantitative estimate of drug-likeness (QED) is 0.751. The number of hydrogen-bond donors (Lipinski definition) is 1. The van der Waals surface area contributed by atoms with E-state index in [1.54, 1.807) is 0 Å². The lowest BCUT2D eigenvalue weighted by atomic mass is 9.95. The third-order valence-electron chi connectivity index (χ3n) is 3.07. The van der Waals surface area contributed by atoms with Gasteiger partial charge in [-0.3, -0.25) is 0 Å². The monoisotopic (exact) mass is 175 g/mol. The van der Waals surface area contributed by atoms with E-state index >= 15 is 0 Å². The summed E-state index contributed by atoms with van der Waals surface area (Å²) in [5.74, 6) is 1.69. The van der Waals surface area contributed by atoms with E-state index in [4.69, 9.17) is 5.73 Å². The van der Waals surface area contributed by atoms with Crippen molar-refractivity contribution in [3.8, 4) is 0 Å². The van der Waals surface area contributed by atoms with Gasteiger partial charge in [-0.1, -0.05) is 31.2 Å². The minimum absolute atomic E-state index is 0.651. The van der Waals surface area contributed by atoms with Crippen molar-refractivity contribution in [2.45, 2.75) is 32.2 Å². The molecule has 1 nitrogen and oxygen atoms in total. The highest BCUT2D eigenvalue weighted by molar-refractivity contribution is 5.26. The fourth-order valence-corrected chi connectivity index (χ4v) is 1.83. The third-order valence-corrected chi connectivity index (χ3v) is 3.07. The van der Waals surface area contributed by atoms with Crippen molar-refractivity contribution in [1.29, 1.82) is 0 Å². The van der Waals surface area contributed by atoms with Gasteiger partial charge in [0.25, 0.3) is 0 Å². The van der Waals surface area contributed by atoms with E-state index in [1.165, 1.54) is 24.0 Å². The van der Waals surface area contributed by atoms with Crippen LogP contribution < -0.4 is 5.73 Å². The van der Waals surface area contributed by atoms with Crippen LogP contribution >= 0.6 is 0 Å². The van der Waals surface area contributed by atoms with Crippen LogP contribution in [0.3, 0.4) is 0 Å². The molecular formula is C12H17N. The first kappa shape index (κ1) is 8.76. The van der Waals surface area contributed by atoms with Crippen molar-refractivity contribution < 1.29 is 0 Å². The minimum Gasteiger partial charge on any atom is -0.326 e. The van der Waals surface area contributed by atoms with Crippen LogP contribution in [0.15, 0.2) is 24.3 Å². The Morgan fingerprint density at radius 1 is 1.31 bits per heavy atom. The number of hydrogen-bond acceptors (Lipinski definition) is 1. The third kappa shape index (κ3) is 1.92. The molecule has 1 atom stereocenters. The maximum Gasteiger partial charge on any atom is 0.0178 e. The van der Waals surface area contributed by atoms with Crippen molar-refractivity contribution in [1.82, 2.24) is 0 Å². The van der Waals surface area contributed by atoms with Gasteiger partial charge in [-0.05, 0) is 35.8 Å². The van der Waals surface area contributed by atoms with Crippen molar-refractivity contribution >= 4 is 0 Å². The van der Waals surface area contributed by atoms with Gasteiger partial charge < -0.3 is 5.73 Å². The Labute approximate surface area is 80.0 Å². The molecule has 1 fully saturated rings. The molecular weight excluding hydrogens is 158 g/mol. The summed E-state index contributed by atoms with van der Waals surface area (Å²) in [5.41, 5.74) is 8.25. The lowest BCUT2D eigenvalue weighted by Gasteiger charge is -2.10. The van der Waals surface area contributed by atoms with Gasteiger partial charge in [-0.15, -0.1) is 0 Å². The molecule has 1 aromatic rings. The topological polar surface area (TPSA) is 26.0 Å². The molecule has 70 valence electrons. The fraction of sp³-hybridized carbons (Fsp3) is 0.500. The molecule has 0 saturated heterocycles. The summed E-state index contributed by atoms with van der Waals surface area (Å²) in [7, 11) is 0. The van der Waals surface area contributed by atoms with Gasteiger partial charge in [0.15, 0.2) is 0 Å². The SMILES string of the molecule is CC(c1ccc(CN)cc1)C1CC1. The maximum atomic E-state index is 5.55.